The molecule has 3 N–H and O–H groups in total. The highest BCUT2D eigenvalue weighted by Crippen LogP contribution is 2.12. The highest BCUT2D eigenvalue weighted by molar-refractivity contribution is 7.89. The number of hydrogen-bond donors (Lipinski definition) is 2. The molecule has 0 radical (unpaired) electrons. The summed E-state index contributed by atoms with van der Waals surface area (Å²) in [5.74, 6) is 1.39. The molecule has 1 aliphatic heterocycles. The number of rotatable bonds is 8. The van der Waals surface area contributed by atoms with Crippen LogP contribution in [0.5, 0.6) is 0 Å². The quantitative estimate of drug-likeness (QED) is 0.519. The Morgan fingerprint density at radius 2 is 2.05 bits per heavy atom. The normalized spacial score (nSPS) is 20.9. The smallest absolute Gasteiger partial charge is 0.214 e. The van der Waals surface area contributed by atoms with Crippen LogP contribution in [0, 0.1) is 5.92 Å². The summed E-state index contributed by atoms with van der Waals surface area (Å²) in [5, 5.41) is 3.16. The van der Waals surface area contributed by atoms with Gasteiger partial charge >= 0.3 is 0 Å². The molecule has 1 heterocycles. The highest BCUT2D eigenvalue weighted by Gasteiger charge is 2.27. The fraction of sp³-hybridized carbons (Fsp3) is 0.929. The largest absolute Gasteiger partial charge is 0.370 e. The molecular formula is C14H30N4O2S. The second kappa shape index (κ2) is 8.58. The standard InChI is InChI=1S/C14H30N4O2S/c1-12(2)6-4-7-13(3)17-14(15)16-8-10-18-9-5-11-21(18,19)20/h12-13H,4-11H2,1-3H3,(H3,15,16,17). The van der Waals surface area contributed by atoms with Gasteiger partial charge in [-0.25, -0.2) is 12.7 Å². The third-order valence-corrected chi connectivity index (χ3v) is 5.60. The summed E-state index contributed by atoms with van der Waals surface area (Å²) in [6.07, 6.45) is 4.17. The summed E-state index contributed by atoms with van der Waals surface area (Å²) in [6.45, 7) is 7.98. The molecule has 1 fully saturated rings. The van der Waals surface area contributed by atoms with Crippen molar-refractivity contribution < 1.29 is 8.42 Å². The molecule has 0 bridgehead atoms. The zero-order valence-electron chi connectivity index (χ0n) is 13.5. The van der Waals surface area contributed by atoms with Gasteiger partial charge in [-0.1, -0.05) is 26.7 Å². The maximum atomic E-state index is 11.6. The Balaban J connectivity index is 2.23. The zero-order chi connectivity index (χ0) is 15.9. The third-order valence-electron chi connectivity index (χ3n) is 3.65. The van der Waals surface area contributed by atoms with E-state index in [1.165, 1.54) is 17.1 Å². The Morgan fingerprint density at radius 3 is 2.62 bits per heavy atom. The molecule has 0 aliphatic carbocycles. The lowest BCUT2D eigenvalue weighted by Crippen LogP contribution is -2.39. The van der Waals surface area contributed by atoms with Gasteiger partial charge in [0.1, 0.15) is 0 Å². The molecule has 6 nitrogen and oxygen atoms in total. The van der Waals surface area contributed by atoms with E-state index in [1.54, 1.807) is 0 Å². The summed E-state index contributed by atoms with van der Waals surface area (Å²) in [4.78, 5) is 4.21. The summed E-state index contributed by atoms with van der Waals surface area (Å²) >= 11 is 0. The molecule has 0 saturated carbocycles. The minimum absolute atomic E-state index is 0.261. The predicted molar refractivity (Wildman–Crippen MR) is 87.8 cm³/mol. The van der Waals surface area contributed by atoms with Crippen molar-refractivity contribution in [1.82, 2.24) is 9.62 Å². The lowest BCUT2D eigenvalue weighted by atomic mass is 10.0. The van der Waals surface area contributed by atoms with Gasteiger partial charge in [0.05, 0.1) is 12.3 Å². The van der Waals surface area contributed by atoms with Crippen LogP contribution in [-0.2, 0) is 10.0 Å². The van der Waals surface area contributed by atoms with Crippen molar-refractivity contribution in [1.29, 1.82) is 0 Å². The molecule has 21 heavy (non-hydrogen) atoms. The van der Waals surface area contributed by atoms with E-state index in [0.29, 0.717) is 38.1 Å². The first-order valence-electron chi connectivity index (χ1n) is 7.85. The number of hydrogen-bond acceptors (Lipinski definition) is 3. The molecule has 1 unspecified atom stereocenters. The molecule has 7 heteroatoms. The van der Waals surface area contributed by atoms with Crippen LogP contribution in [0.1, 0.15) is 46.5 Å². The van der Waals surface area contributed by atoms with Crippen LogP contribution >= 0.6 is 0 Å². The SMILES string of the molecule is CC(C)CCCC(C)NC(N)=NCCN1CCCS1(=O)=O. The number of sulfonamides is 1. The van der Waals surface area contributed by atoms with Gasteiger partial charge in [-0.2, -0.15) is 0 Å². The minimum Gasteiger partial charge on any atom is -0.370 e. The summed E-state index contributed by atoms with van der Waals surface area (Å²) in [5.41, 5.74) is 5.83. The van der Waals surface area contributed by atoms with Crippen molar-refractivity contribution in [3.8, 4) is 0 Å². The Morgan fingerprint density at radius 1 is 1.33 bits per heavy atom. The van der Waals surface area contributed by atoms with Gasteiger partial charge in [-0.15, -0.1) is 0 Å². The molecule has 124 valence electrons. The average Bonchev–Trinajstić information content (AvgIpc) is 2.68. The molecule has 0 amide bonds. The Kier molecular flexibility index (Phi) is 7.45. The first kappa shape index (κ1) is 18.2. The molecule has 0 aromatic heterocycles. The summed E-state index contributed by atoms with van der Waals surface area (Å²) in [7, 11) is -3.03. The van der Waals surface area contributed by atoms with Crippen molar-refractivity contribution in [3.63, 3.8) is 0 Å². The monoisotopic (exact) mass is 318 g/mol. The maximum Gasteiger partial charge on any atom is 0.214 e. The van der Waals surface area contributed by atoms with Gasteiger partial charge in [0.25, 0.3) is 0 Å². The van der Waals surface area contributed by atoms with E-state index < -0.39 is 10.0 Å². The van der Waals surface area contributed by atoms with Crippen LogP contribution < -0.4 is 11.1 Å². The lowest BCUT2D eigenvalue weighted by molar-refractivity contribution is 0.451. The second-order valence-electron chi connectivity index (χ2n) is 6.21. The third kappa shape index (κ3) is 7.13. The molecule has 0 spiro atoms. The Labute approximate surface area is 129 Å². The molecule has 1 rings (SSSR count). The van der Waals surface area contributed by atoms with Gasteiger partial charge in [0.2, 0.25) is 10.0 Å². The van der Waals surface area contributed by atoms with Crippen molar-refractivity contribution in [2.75, 3.05) is 25.4 Å². The van der Waals surface area contributed by atoms with E-state index in [1.807, 2.05) is 0 Å². The van der Waals surface area contributed by atoms with Crippen molar-refractivity contribution in [2.45, 2.75) is 52.5 Å². The highest BCUT2D eigenvalue weighted by atomic mass is 32.2. The van der Waals surface area contributed by atoms with Crippen LogP contribution in [0.4, 0.5) is 0 Å². The van der Waals surface area contributed by atoms with Crippen LogP contribution in [0.15, 0.2) is 4.99 Å². The first-order valence-corrected chi connectivity index (χ1v) is 9.46. The molecule has 1 aliphatic rings. The molecule has 0 aromatic rings. The molecule has 0 aromatic carbocycles. The maximum absolute atomic E-state index is 11.6. The Hall–Kier alpha value is -0.820. The number of nitrogens with two attached hydrogens (primary N) is 1. The Bertz CT molecular complexity index is 434. The van der Waals surface area contributed by atoms with Gasteiger partial charge in [0, 0.05) is 19.1 Å². The zero-order valence-corrected chi connectivity index (χ0v) is 14.3. The van der Waals surface area contributed by atoms with E-state index >= 15 is 0 Å². The number of nitrogens with one attached hydrogen (secondary N) is 1. The summed E-state index contributed by atoms with van der Waals surface area (Å²) < 4.78 is 24.7. The lowest BCUT2D eigenvalue weighted by Gasteiger charge is -2.16. The van der Waals surface area contributed by atoms with Crippen molar-refractivity contribution in [3.05, 3.63) is 0 Å². The number of nitrogens with zero attached hydrogens (tertiary/aromatic N) is 2. The number of guanidine groups is 1. The van der Waals surface area contributed by atoms with Crippen LogP contribution in [0.2, 0.25) is 0 Å². The van der Waals surface area contributed by atoms with E-state index in [-0.39, 0.29) is 5.75 Å². The first-order chi connectivity index (χ1) is 9.81. The van der Waals surface area contributed by atoms with E-state index in [9.17, 15) is 8.42 Å². The predicted octanol–water partition coefficient (Wildman–Crippen LogP) is 1.14. The molecule has 1 saturated heterocycles. The number of aliphatic imine (C=N–C) groups is 1. The summed E-state index contributed by atoms with van der Waals surface area (Å²) in [6, 6.07) is 0.294. The van der Waals surface area contributed by atoms with Crippen LogP contribution in [0.25, 0.3) is 0 Å². The minimum atomic E-state index is -3.03. The van der Waals surface area contributed by atoms with E-state index in [0.717, 1.165) is 12.3 Å². The topological polar surface area (TPSA) is 87.8 Å². The van der Waals surface area contributed by atoms with Gasteiger partial charge in [0.15, 0.2) is 5.96 Å². The average molecular weight is 318 g/mol. The van der Waals surface area contributed by atoms with Gasteiger partial charge < -0.3 is 11.1 Å². The van der Waals surface area contributed by atoms with Crippen molar-refractivity contribution in [2.24, 2.45) is 16.6 Å². The van der Waals surface area contributed by atoms with Gasteiger partial charge in [-0.05, 0) is 25.7 Å². The van der Waals surface area contributed by atoms with Crippen molar-refractivity contribution >= 4 is 16.0 Å². The van der Waals surface area contributed by atoms with Gasteiger partial charge in [-0.3, -0.25) is 4.99 Å². The fourth-order valence-corrected chi connectivity index (χ4v) is 3.95. The second-order valence-corrected chi connectivity index (χ2v) is 8.29. The molecular weight excluding hydrogens is 288 g/mol. The van der Waals surface area contributed by atoms with E-state index in [2.05, 4.69) is 31.1 Å². The van der Waals surface area contributed by atoms with Crippen LogP contribution in [0.3, 0.4) is 0 Å². The molecule has 1 atom stereocenters. The van der Waals surface area contributed by atoms with Crippen LogP contribution in [-0.4, -0.2) is 50.1 Å². The fourth-order valence-electron chi connectivity index (χ4n) is 2.43. The van der Waals surface area contributed by atoms with E-state index in [4.69, 9.17) is 5.73 Å².